The molecule has 7 nitrogen and oxygen atoms in total. The van der Waals surface area contributed by atoms with Gasteiger partial charge in [0.2, 0.25) is 11.6 Å². The Morgan fingerprint density at radius 2 is 2.10 bits per heavy atom. The van der Waals surface area contributed by atoms with E-state index in [1.165, 1.54) is 27.4 Å². The lowest BCUT2D eigenvalue weighted by molar-refractivity contribution is -0.121. The Labute approximate surface area is 167 Å². The number of furan rings is 1. The second-order valence-electron chi connectivity index (χ2n) is 7.42. The third-order valence-electron chi connectivity index (χ3n) is 5.38. The van der Waals surface area contributed by atoms with E-state index in [-0.39, 0.29) is 24.4 Å². The zero-order chi connectivity index (χ0) is 20.5. The van der Waals surface area contributed by atoms with Gasteiger partial charge in [-0.2, -0.15) is 0 Å². The van der Waals surface area contributed by atoms with Gasteiger partial charge in [0, 0.05) is 42.2 Å². The van der Waals surface area contributed by atoms with Crippen molar-refractivity contribution in [1.29, 1.82) is 0 Å². The van der Waals surface area contributed by atoms with Crippen molar-refractivity contribution in [2.75, 3.05) is 6.54 Å². The number of aromatic nitrogens is 3. The van der Waals surface area contributed by atoms with Gasteiger partial charge in [-0.15, -0.1) is 0 Å². The van der Waals surface area contributed by atoms with E-state index >= 15 is 0 Å². The Kier molecular flexibility index (Phi) is 4.96. The lowest BCUT2D eigenvalue weighted by Gasteiger charge is -2.07. The Balaban J connectivity index is 1.35. The number of hydrogen-bond donors (Lipinski definition) is 2. The second kappa shape index (κ2) is 7.58. The number of H-pyrrole nitrogens is 1. The lowest BCUT2D eigenvalue weighted by Crippen LogP contribution is -2.29. The van der Waals surface area contributed by atoms with E-state index < -0.39 is 0 Å². The summed E-state index contributed by atoms with van der Waals surface area (Å²) < 4.78 is 6.94. The number of nitrogens with one attached hydrogen (secondary N) is 2. The van der Waals surface area contributed by atoms with Crippen LogP contribution in [0.2, 0.25) is 0 Å². The molecular weight excluding hydrogens is 368 g/mol. The molecule has 1 amide bonds. The molecule has 0 saturated carbocycles. The summed E-state index contributed by atoms with van der Waals surface area (Å²) >= 11 is 0. The van der Waals surface area contributed by atoms with E-state index in [9.17, 15) is 9.59 Å². The largest absolute Gasteiger partial charge is 0.443 e. The molecule has 0 fully saturated rings. The maximum Gasteiger partial charge on any atom is 0.264 e. The quantitative estimate of drug-likeness (QED) is 0.527. The highest BCUT2D eigenvalue weighted by atomic mass is 16.3. The van der Waals surface area contributed by atoms with Crippen LogP contribution in [-0.2, 0) is 17.8 Å². The van der Waals surface area contributed by atoms with Crippen LogP contribution in [0, 0.1) is 20.8 Å². The van der Waals surface area contributed by atoms with Gasteiger partial charge >= 0.3 is 0 Å². The smallest absolute Gasteiger partial charge is 0.264 e. The van der Waals surface area contributed by atoms with E-state index in [1.807, 2.05) is 20.0 Å². The van der Waals surface area contributed by atoms with Crippen molar-refractivity contribution in [1.82, 2.24) is 19.9 Å². The number of rotatable bonds is 6. The van der Waals surface area contributed by atoms with E-state index in [4.69, 9.17) is 4.42 Å². The van der Waals surface area contributed by atoms with Gasteiger partial charge in [-0.05, 0) is 44.9 Å². The maximum atomic E-state index is 12.6. The molecule has 2 N–H and O–H groups in total. The molecule has 150 valence electrons. The normalized spacial score (nSPS) is 11.4. The SMILES string of the molecule is Cc1ccc2[nH]cc(CCNC(=O)CCn3cnc4oc(C)c(C)c4c3=O)c2c1. The van der Waals surface area contributed by atoms with Crippen molar-refractivity contribution in [3.05, 3.63) is 63.5 Å². The fourth-order valence-corrected chi connectivity index (χ4v) is 3.58. The van der Waals surface area contributed by atoms with Gasteiger partial charge in [-0.25, -0.2) is 4.98 Å². The van der Waals surface area contributed by atoms with Crippen LogP contribution in [-0.4, -0.2) is 27.0 Å². The molecule has 0 aliphatic rings. The predicted molar refractivity (Wildman–Crippen MR) is 112 cm³/mol. The number of carbonyl (C=O) groups is 1. The monoisotopic (exact) mass is 392 g/mol. The number of amides is 1. The van der Waals surface area contributed by atoms with Crippen molar-refractivity contribution in [2.45, 2.75) is 40.2 Å². The first-order chi connectivity index (χ1) is 13.9. The highest BCUT2D eigenvalue weighted by molar-refractivity contribution is 5.84. The molecule has 0 bridgehead atoms. The average Bonchev–Trinajstić information content (AvgIpc) is 3.22. The standard InChI is InChI=1S/C22H24N4O3/c1-13-4-5-18-17(10-13)16(11-24-18)6-8-23-19(27)7-9-26-12-25-21-20(22(26)28)14(2)15(3)29-21/h4-5,10-12,24H,6-9H2,1-3H3,(H,23,27). The second-order valence-corrected chi connectivity index (χ2v) is 7.42. The summed E-state index contributed by atoms with van der Waals surface area (Å²) in [4.78, 5) is 32.3. The average molecular weight is 392 g/mol. The number of aromatic amines is 1. The zero-order valence-electron chi connectivity index (χ0n) is 16.8. The molecule has 3 aromatic heterocycles. The molecule has 29 heavy (non-hydrogen) atoms. The van der Waals surface area contributed by atoms with E-state index in [0.29, 0.717) is 23.4 Å². The first-order valence-electron chi connectivity index (χ1n) is 9.72. The molecule has 0 aliphatic heterocycles. The number of benzene rings is 1. The molecule has 0 atom stereocenters. The number of fused-ring (bicyclic) bond motifs is 2. The summed E-state index contributed by atoms with van der Waals surface area (Å²) in [6.45, 7) is 6.55. The molecule has 4 rings (SSSR count). The van der Waals surface area contributed by atoms with Gasteiger partial charge in [0.25, 0.3) is 5.56 Å². The van der Waals surface area contributed by atoms with E-state index in [0.717, 1.165) is 17.5 Å². The highest BCUT2D eigenvalue weighted by Crippen LogP contribution is 2.20. The summed E-state index contributed by atoms with van der Waals surface area (Å²) in [6.07, 6.45) is 4.40. The van der Waals surface area contributed by atoms with Crippen molar-refractivity contribution in [3.8, 4) is 0 Å². The first kappa shape index (κ1) is 19.0. The van der Waals surface area contributed by atoms with Crippen LogP contribution in [0.1, 0.15) is 28.9 Å². The van der Waals surface area contributed by atoms with Gasteiger partial charge in [-0.1, -0.05) is 11.6 Å². The van der Waals surface area contributed by atoms with Crippen LogP contribution >= 0.6 is 0 Å². The summed E-state index contributed by atoms with van der Waals surface area (Å²) in [5, 5.41) is 4.61. The third kappa shape index (κ3) is 3.68. The number of hydrogen-bond acceptors (Lipinski definition) is 4. The topological polar surface area (TPSA) is 92.9 Å². The Hall–Kier alpha value is -3.35. The summed E-state index contributed by atoms with van der Waals surface area (Å²) in [5.74, 6) is 0.598. The Morgan fingerprint density at radius 1 is 1.28 bits per heavy atom. The minimum atomic E-state index is -0.175. The molecular formula is C22H24N4O3. The highest BCUT2D eigenvalue weighted by Gasteiger charge is 2.14. The Bertz CT molecular complexity index is 1260. The fourth-order valence-electron chi connectivity index (χ4n) is 3.58. The van der Waals surface area contributed by atoms with Crippen LogP contribution in [0.25, 0.3) is 22.0 Å². The van der Waals surface area contributed by atoms with Crippen LogP contribution in [0.15, 0.2) is 39.9 Å². The van der Waals surface area contributed by atoms with Crippen LogP contribution < -0.4 is 10.9 Å². The summed E-state index contributed by atoms with van der Waals surface area (Å²) in [5.41, 5.74) is 4.46. The van der Waals surface area contributed by atoms with Gasteiger partial charge in [-0.3, -0.25) is 14.2 Å². The van der Waals surface area contributed by atoms with Crippen molar-refractivity contribution >= 4 is 27.9 Å². The molecule has 0 unspecified atom stereocenters. The van der Waals surface area contributed by atoms with Crippen LogP contribution in [0.3, 0.4) is 0 Å². The predicted octanol–water partition coefficient (Wildman–Crippen LogP) is 3.15. The first-order valence-corrected chi connectivity index (χ1v) is 9.72. The number of nitrogens with zero attached hydrogens (tertiary/aromatic N) is 2. The van der Waals surface area contributed by atoms with Gasteiger partial charge < -0.3 is 14.7 Å². The Morgan fingerprint density at radius 3 is 2.93 bits per heavy atom. The fraction of sp³-hybridized carbons (Fsp3) is 0.318. The van der Waals surface area contributed by atoms with E-state index in [1.54, 1.807) is 0 Å². The summed E-state index contributed by atoms with van der Waals surface area (Å²) in [6, 6.07) is 6.29. The van der Waals surface area contributed by atoms with Gasteiger partial charge in [0.15, 0.2) is 0 Å². The van der Waals surface area contributed by atoms with Crippen LogP contribution in [0.4, 0.5) is 0 Å². The minimum absolute atomic E-state index is 0.0897. The molecule has 0 saturated heterocycles. The van der Waals surface area contributed by atoms with Crippen molar-refractivity contribution < 1.29 is 9.21 Å². The molecule has 4 aromatic rings. The van der Waals surface area contributed by atoms with Gasteiger partial charge in [0.05, 0.1) is 0 Å². The molecule has 0 aliphatic carbocycles. The molecule has 0 spiro atoms. The van der Waals surface area contributed by atoms with Gasteiger partial charge in [0.1, 0.15) is 17.5 Å². The number of aryl methyl sites for hydroxylation is 4. The third-order valence-corrected chi connectivity index (χ3v) is 5.38. The summed E-state index contributed by atoms with van der Waals surface area (Å²) in [7, 11) is 0. The molecule has 7 heteroatoms. The van der Waals surface area contributed by atoms with Crippen LogP contribution in [0.5, 0.6) is 0 Å². The van der Waals surface area contributed by atoms with E-state index in [2.05, 4.69) is 40.4 Å². The minimum Gasteiger partial charge on any atom is -0.443 e. The molecule has 1 aromatic carbocycles. The zero-order valence-corrected chi connectivity index (χ0v) is 16.8. The maximum absolute atomic E-state index is 12.6. The molecule has 3 heterocycles. The molecule has 0 radical (unpaired) electrons. The van der Waals surface area contributed by atoms with Crippen molar-refractivity contribution in [3.63, 3.8) is 0 Å². The lowest BCUT2D eigenvalue weighted by atomic mass is 10.1. The van der Waals surface area contributed by atoms with Crippen molar-refractivity contribution in [2.24, 2.45) is 0 Å². The number of carbonyl (C=O) groups excluding carboxylic acids is 1.